The average molecular weight is 200 g/mol. The zero-order chi connectivity index (χ0) is 10.1. The van der Waals surface area contributed by atoms with Crippen LogP contribution in [0.4, 0.5) is 22.0 Å². The molecule has 0 fully saturated rings. The van der Waals surface area contributed by atoms with E-state index in [9.17, 15) is 22.0 Å². The van der Waals surface area contributed by atoms with E-state index < -0.39 is 24.7 Å². The first-order valence-electron chi connectivity index (χ1n) is 3.27. The first kappa shape index (κ1) is 9.94. The van der Waals surface area contributed by atoms with E-state index in [1.54, 1.807) is 0 Å². The van der Waals surface area contributed by atoms with Gasteiger partial charge in [-0.25, -0.2) is 8.78 Å². The quantitative estimate of drug-likeness (QED) is 0.730. The van der Waals surface area contributed by atoms with Crippen LogP contribution in [0.15, 0.2) is 6.07 Å². The fourth-order valence-electron chi connectivity index (χ4n) is 0.798. The first-order chi connectivity index (χ1) is 5.88. The van der Waals surface area contributed by atoms with Gasteiger partial charge in [0.15, 0.2) is 0 Å². The Morgan fingerprint density at radius 3 is 2.38 bits per heavy atom. The maximum Gasteiger partial charge on any atom is 0.394 e. The zero-order valence-electron chi connectivity index (χ0n) is 6.20. The van der Waals surface area contributed by atoms with Crippen molar-refractivity contribution in [2.24, 2.45) is 0 Å². The van der Waals surface area contributed by atoms with Gasteiger partial charge in [-0.2, -0.15) is 18.3 Å². The Bertz CT molecular complexity index is 277. The highest BCUT2D eigenvalue weighted by Crippen LogP contribution is 2.22. The van der Waals surface area contributed by atoms with Crippen molar-refractivity contribution in [1.82, 2.24) is 10.2 Å². The second-order valence-electron chi connectivity index (χ2n) is 2.41. The Hall–Kier alpha value is -1.14. The summed E-state index contributed by atoms with van der Waals surface area (Å²) in [6.07, 6.45) is -8.53. The molecule has 0 aliphatic heterocycles. The smallest absolute Gasteiger partial charge is 0.282 e. The number of alkyl halides is 5. The molecule has 0 bridgehead atoms. The number of aromatic nitrogens is 2. The molecular weight excluding hydrogens is 195 g/mol. The summed E-state index contributed by atoms with van der Waals surface area (Å²) in [5.74, 6) is 0. The van der Waals surface area contributed by atoms with Crippen LogP contribution in [0.3, 0.4) is 0 Å². The Balaban J connectivity index is 2.70. The molecule has 1 rings (SSSR count). The average Bonchev–Trinajstić information content (AvgIpc) is 2.31. The molecule has 1 N–H and O–H groups in total. The highest BCUT2D eigenvalue weighted by Gasteiger charge is 2.29. The lowest BCUT2D eigenvalue weighted by Crippen LogP contribution is -2.11. The van der Waals surface area contributed by atoms with Gasteiger partial charge in [0.25, 0.3) is 6.43 Å². The molecule has 13 heavy (non-hydrogen) atoms. The predicted octanol–water partition coefficient (Wildman–Crippen LogP) is 2.45. The third-order valence-corrected chi connectivity index (χ3v) is 1.27. The van der Waals surface area contributed by atoms with Gasteiger partial charge >= 0.3 is 6.18 Å². The lowest BCUT2D eigenvalue weighted by molar-refractivity contribution is -0.127. The van der Waals surface area contributed by atoms with Gasteiger partial charge in [0.2, 0.25) is 0 Å². The molecule has 0 unspecified atom stereocenters. The fraction of sp³-hybridized carbons (Fsp3) is 0.500. The second-order valence-corrected chi connectivity index (χ2v) is 2.41. The summed E-state index contributed by atoms with van der Waals surface area (Å²) >= 11 is 0. The van der Waals surface area contributed by atoms with Gasteiger partial charge in [-0.1, -0.05) is 0 Å². The van der Waals surface area contributed by atoms with Crippen LogP contribution in [0.5, 0.6) is 0 Å². The summed E-state index contributed by atoms with van der Waals surface area (Å²) in [5.41, 5.74) is -1.03. The third-order valence-electron chi connectivity index (χ3n) is 1.27. The number of aromatic amines is 1. The van der Waals surface area contributed by atoms with Crippen molar-refractivity contribution in [3.8, 4) is 0 Å². The monoisotopic (exact) mass is 200 g/mol. The molecule has 0 aromatic carbocycles. The van der Waals surface area contributed by atoms with E-state index in [0.717, 1.165) is 0 Å². The first-order valence-corrected chi connectivity index (χ1v) is 3.27. The predicted molar refractivity (Wildman–Crippen MR) is 33.3 cm³/mol. The van der Waals surface area contributed by atoms with Gasteiger partial charge in [-0.3, -0.25) is 5.10 Å². The van der Waals surface area contributed by atoms with E-state index in [-0.39, 0.29) is 5.69 Å². The molecule has 1 aromatic rings. The summed E-state index contributed by atoms with van der Waals surface area (Å²) in [6.45, 7) is 0. The van der Waals surface area contributed by atoms with Crippen molar-refractivity contribution in [3.63, 3.8) is 0 Å². The molecule has 0 aliphatic carbocycles. The van der Waals surface area contributed by atoms with Crippen molar-refractivity contribution < 1.29 is 22.0 Å². The molecule has 2 nitrogen and oxygen atoms in total. The molecular formula is C6H5F5N2. The minimum absolute atomic E-state index is 0.359. The molecule has 0 saturated carbocycles. The van der Waals surface area contributed by atoms with Gasteiger partial charge in [-0.05, 0) is 6.07 Å². The van der Waals surface area contributed by atoms with Gasteiger partial charge in [0.1, 0.15) is 5.69 Å². The number of H-pyrrole nitrogens is 1. The van der Waals surface area contributed by atoms with E-state index in [1.165, 1.54) is 0 Å². The van der Waals surface area contributed by atoms with Crippen LogP contribution in [0.2, 0.25) is 0 Å². The number of halogens is 5. The van der Waals surface area contributed by atoms with E-state index in [0.29, 0.717) is 6.07 Å². The van der Waals surface area contributed by atoms with Crippen molar-refractivity contribution in [2.75, 3.05) is 0 Å². The zero-order valence-corrected chi connectivity index (χ0v) is 6.20. The van der Waals surface area contributed by atoms with Crippen LogP contribution in [0, 0.1) is 0 Å². The number of nitrogens with one attached hydrogen (secondary N) is 1. The van der Waals surface area contributed by atoms with Gasteiger partial charge in [0.05, 0.1) is 6.42 Å². The van der Waals surface area contributed by atoms with E-state index in [2.05, 4.69) is 5.10 Å². The van der Waals surface area contributed by atoms with Gasteiger partial charge in [-0.15, -0.1) is 0 Å². The second kappa shape index (κ2) is 3.31. The number of rotatable bonds is 2. The standard InChI is InChI=1S/C6H5F5N2/c7-5(8)4-1-3(12-13-4)2-6(9,10)11/h1,5H,2H2,(H,12,13). The Kier molecular flexibility index (Phi) is 2.53. The van der Waals surface area contributed by atoms with Crippen LogP contribution in [-0.2, 0) is 6.42 Å². The lowest BCUT2D eigenvalue weighted by atomic mass is 10.3. The molecule has 0 saturated heterocycles. The maximum absolute atomic E-state index is 11.8. The van der Waals surface area contributed by atoms with Crippen LogP contribution in [0.25, 0.3) is 0 Å². The molecule has 1 aromatic heterocycles. The van der Waals surface area contributed by atoms with Crippen LogP contribution in [0.1, 0.15) is 17.8 Å². The van der Waals surface area contributed by atoms with Crippen molar-refractivity contribution in [3.05, 3.63) is 17.5 Å². The summed E-state index contributed by atoms with van der Waals surface area (Å²) < 4.78 is 58.8. The largest absolute Gasteiger partial charge is 0.394 e. The Morgan fingerprint density at radius 1 is 1.38 bits per heavy atom. The van der Waals surface area contributed by atoms with E-state index in [4.69, 9.17) is 0 Å². The molecule has 1 heterocycles. The summed E-state index contributed by atoms with van der Waals surface area (Å²) in [7, 11) is 0. The van der Waals surface area contributed by atoms with E-state index in [1.807, 2.05) is 5.10 Å². The number of nitrogens with zero attached hydrogens (tertiary/aromatic N) is 1. The topological polar surface area (TPSA) is 28.7 Å². The molecule has 0 radical (unpaired) electrons. The molecule has 0 spiro atoms. The molecule has 0 aliphatic rings. The fourth-order valence-corrected chi connectivity index (χ4v) is 0.798. The minimum atomic E-state index is -4.41. The summed E-state index contributed by atoms with van der Waals surface area (Å²) in [4.78, 5) is 0. The van der Waals surface area contributed by atoms with Crippen molar-refractivity contribution in [2.45, 2.75) is 19.0 Å². The van der Waals surface area contributed by atoms with Crippen LogP contribution >= 0.6 is 0 Å². The molecule has 7 heteroatoms. The number of hydrogen-bond acceptors (Lipinski definition) is 1. The Morgan fingerprint density at radius 2 is 2.00 bits per heavy atom. The van der Waals surface area contributed by atoms with Crippen molar-refractivity contribution in [1.29, 1.82) is 0 Å². The summed E-state index contributed by atoms with van der Waals surface area (Å²) in [5, 5.41) is 4.92. The van der Waals surface area contributed by atoms with Gasteiger partial charge < -0.3 is 0 Å². The maximum atomic E-state index is 11.8. The molecule has 0 amide bonds. The van der Waals surface area contributed by atoms with Crippen molar-refractivity contribution >= 4 is 0 Å². The molecule has 0 atom stereocenters. The number of hydrogen-bond donors (Lipinski definition) is 1. The summed E-state index contributed by atoms with van der Waals surface area (Å²) in [6, 6.07) is 0.707. The normalized spacial score (nSPS) is 12.5. The van der Waals surface area contributed by atoms with Gasteiger partial charge in [0, 0.05) is 5.69 Å². The Labute approximate surface area is 69.8 Å². The molecule has 74 valence electrons. The minimum Gasteiger partial charge on any atom is -0.282 e. The van der Waals surface area contributed by atoms with Crippen LogP contribution < -0.4 is 0 Å². The van der Waals surface area contributed by atoms with Crippen LogP contribution in [-0.4, -0.2) is 16.4 Å². The SMILES string of the molecule is FC(F)c1cc(CC(F)(F)F)[nH]n1. The lowest BCUT2D eigenvalue weighted by Gasteiger charge is -2.01. The highest BCUT2D eigenvalue weighted by atomic mass is 19.4. The third kappa shape index (κ3) is 3.00. The highest BCUT2D eigenvalue weighted by molar-refractivity contribution is 5.10. The van der Waals surface area contributed by atoms with E-state index >= 15 is 0 Å².